The van der Waals surface area contributed by atoms with E-state index in [4.69, 9.17) is 11.6 Å². The van der Waals surface area contributed by atoms with Crippen LogP contribution in [0.4, 0.5) is 0 Å². The zero-order chi connectivity index (χ0) is 11.0. The minimum atomic E-state index is 0.599. The highest BCUT2D eigenvalue weighted by Crippen LogP contribution is 2.34. The fourth-order valence-corrected chi connectivity index (χ4v) is 3.18. The summed E-state index contributed by atoms with van der Waals surface area (Å²) in [6.45, 7) is 0. The molecule has 0 saturated carbocycles. The first-order valence-corrected chi connectivity index (χ1v) is 6.85. The Balaban J connectivity index is 1.93. The summed E-state index contributed by atoms with van der Waals surface area (Å²) in [7, 11) is 0. The molecule has 1 aromatic heterocycles. The van der Waals surface area contributed by atoms with E-state index in [0.717, 1.165) is 29.9 Å². The number of halogens is 1. The largest absolute Gasteiger partial charge is 0.237 e. The minimum Gasteiger partial charge on any atom is -0.237 e. The summed E-state index contributed by atoms with van der Waals surface area (Å²) in [5.41, 5.74) is 4.91. The third-order valence-corrected chi connectivity index (χ3v) is 4.20. The van der Waals surface area contributed by atoms with Gasteiger partial charge >= 0.3 is 0 Å². The predicted molar refractivity (Wildman–Crippen MR) is 68.7 cm³/mol. The molecule has 0 radical (unpaired) electrons. The number of rotatable bonds is 1. The van der Waals surface area contributed by atoms with Crippen molar-refractivity contribution >= 4 is 29.4 Å². The van der Waals surface area contributed by atoms with Gasteiger partial charge in [0.15, 0.2) is 0 Å². The van der Waals surface area contributed by atoms with Crippen molar-refractivity contribution in [2.24, 2.45) is 0 Å². The smallest absolute Gasteiger partial charge is 0.136 e. The van der Waals surface area contributed by atoms with Crippen LogP contribution < -0.4 is 0 Å². The van der Waals surface area contributed by atoms with Gasteiger partial charge in [0.2, 0.25) is 0 Å². The van der Waals surface area contributed by atoms with Crippen LogP contribution in [0.5, 0.6) is 0 Å². The molecule has 1 aliphatic carbocycles. The fraction of sp³-hybridized carbons (Fsp3) is 0.333. The number of nitrogens with zero attached hydrogens (tertiary/aromatic N) is 2. The molecule has 0 fully saturated rings. The van der Waals surface area contributed by atoms with Crippen molar-refractivity contribution in [3.8, 4) is 0 Å². The third kappa shape index (κ3) is 1.78. The molecule has 16 heavy (non-hydrogen) atoms. The number of hydrogen-bond acceptors (Lipinski definition) is 3. The molecule has 2 aliphatic rings. The monoisotopic (exact) mass is 250 g/mol. The van der Waals surface area contributed by atoms with E-state index in [9.17, 15) is 0 Å². The molecular weight excluding hydrogens is 240 g/mol. The summed E-state index contributed by atoms with van der Waals surface area (Å²) in [6, 6.07) is 0. The second kappa shape index (κ2) is 4.22. The van der Waals surface area contributed by atoms with E-state index in [1.807, 2.05) is 11.8 Å². The van der Waals surface area contributed by atoms with Gasteiger partial charge in [0.25, 0.3) is 0 Å². The number of fused-ring (bicyclic) bond motifs is 1. The Kier molecular flexibility index (Phi) is 2.74. The Bertz CT molecular complexity index is 494. The predicted octanol–water partition coefficient (Wildman–Crippen LogP) is 3.13. The average molecular weight is 251 g/mol. The topological polar surface area (TPSA) is 25.8 Å². The van der Waals surface area contributed by atoms with Crippen LogP contribution in [0.1, 0.15) is 17.7 Å². The van der Waals surface area contributed by atoms with Crippen LogP contribution in [0.2, 0.25) is 5.15 Å². The van der Waals surface area contributed by atoms with Crippen LogP contribution in [0.25, 0.3) is 6.08 Å². The number of hydrogen-bond donors (Lipinski definition) is 0. The summed E-state index contributed by atoms with van der Waals surface area (Å²) in [4.78, 5) is 8.29. The standard InChI is InChI=1S/C12H11ClN2S/c13-12-10-5-9(6-11(10)14-7-15-12)8-1-3-16-4-2-8/h1,6-7H,2-5H2. The number of allylic oxidation sites excluding steroid dienone is 2. The fourth-order valence-electron chi connectivity index (χ4n) is 2.12. The average Bonchev–Trinajstić information content (AvgIpc) is 2.76. The first-order valence-electron chi connectivity index (χ1n) is 5.31. The maximum absolute atomic E-state index is 6.07. The first-order chi connectivity index (χ1) is 7.84. The van der Waals surface area contributed by atoms with Crippen molar-refractivity contribution in [3.63, 3.8) is 0 Å². The summed E-state index contributed by atoms with van der Waals surface area (Å²) >= 11 is 8.05. The molecule has 0 saturated heterocycles. The molecule has 2 heterocycles. The van der Waals surface area contributed by atoms with Gasteiger partial charge in [-0.1, -0.05) is 17.7 Å². The van der Waals surface area contributed by atoms with Gasteiger partial charge < -0.3 is 0 Å². The Labute approximate surface area is 104 Å². The van der Waals surface area contributed by atoms with Gasteiger partial charge in [-0.25, -0.2) is 9.97 Å². The van der Waals surface area contributed by atoms with E-state index in [2.05, 4.69) is 22.1 Å². The van der Waals surface area contributed by atoms with E-state index in [1.165, 1.54) is 23.2 Å². The molecule has 2 nitrogen and oxygen atoms in total. The van der Waals surface area contributed by atoms with Gasteiger partial charge in [-0.2, -0.15) is 11.8 Å². The van der Waals surface area contributed by atoms with Gasteiger partial charge in [0, 0.05) is 17.7 Å². The second-order valence-corrected chi connectivity index (χ2v) is 5.44. The lowest BCUT2D eigenvalue weighted by atomic mass is 10.0. The van der Waals surface area contributed by atoms with E-state index < -0.39 is 0 Å². The SMILES string of the molecule is Clc1ncnc2c1CC(C1=CCSCC1)=C2. The van der Waals surface area contributed by atoms with Gasteiger partial charge in [-0.05, 0) is 29.4 Å². The molecule has 0 unspecified atom stereocenters. The van der Waals surface area contributed by atoms with Crippen molar-refractivity contribution < 1.29 is 0 Å². The lowest BCUT2D eigenvalue weighted by Gasteiger charge is -2.13. The highest BCUT2D eigenvalue weighted by molar-refractivity contribution is 7.99. The molecule has 0 amide bonds. The van der Waals surface area contributed by atoms with Crippen LogP contribution in [-0.4, -0.2) is 21.5 Å². The Morgan fingerprint density at radius 1 is 1.25 bits per heavy atom. The van der Waals surface area contributed by atoms with Gasteiger partial charge in [-0.15, -0.1) is 0 Å². The summed E-state index contributed by atoms with van der Waals surface area (Å²) in [5, 5.41) is 0.599. The second-order valence-electron chi connectivity index (χ2n) is 3.93. The molecule has 0 spiro atoms. The Hall–Kier alpha value is -0.800. The lowest BCUT2D eigenvalue weighted by Crippen LogP contribution is -1.99. The maximum Gasteiger partial charge on any atom is 0.136 e. The highest BCUT2D eigenvalue weighted by atomic mass is 35.5. The van der Waals surface area contributed by atoms with E-state index in [0.29, 0.717) is 5.15 Å². The van der Waals surface area contributed by atoms with Crippen LogP contribution in [0.3, 0.4) is 0 Å². The highest BCUT2D eigenvalue weighted by Gasteiger charge is 2.20. The van der Waals surface area contributed by atoms with Crippen molar-refractivity contribution in [1.29, 1.82) is 0 Å². The molecule has 82 valence electrons. The molecule has 3 rings (SSSR count). The van der Waals surface area contributed by atoms with Crippen molar-refractivity contribution in [2.45, 2.75) is 12.8 Å². The molecule has 1 aliphatic heterocycles. The molecule has 0 aromatic carbocycles. The molecule has 0 N–H and O–H groups in total. The first kappa shape index (κ1) is 10.4. The van der Waals surface area contributed by atoms with Crippen LogP contribution in [-0.2, 0) is 6.42 Å². The minimum absolute atomic E-state index is 0.599. The van der Waals surface area contributed by atoms with E-state index in [-0.39, 0.29) is 0 Å². The molecule has 4 heteroatoms. The lowest BCUT2D eigenvalue weighted by molar-refractivity contribution is 1.04. The van der Waals surface area contributed by atoms with Crippen LogP contribution >= 0.6 is 23.4 Å². The number of thioether (sulfide) groups is 1. The molecule has 0 atom stereocenters. The molecule has 0 bridgehead atoms. The van der Waals surface area contributed by atoms with E-state index in [1.54, 1.807) is 0 Å². The van der Waals surface area contributed by atoms with Crippen LogP contribution in [0.15, 0.2) is 23.5 Å². The third-order valence-electron chi connectivity index (χ3n) is 2.98. The van der Waals surface area contributed by atoms with Gasteiger partial charge in [0.05, 0.1) is 5.69 Å². The summed E-state index contributed by atoms with van der Waals surface area (Å²) in [6.07, 6.45) is 8.07. The van der Waals surface area contributed by atoms with Gasteiger partial charge in [-0.3, -0.25) is 0 Å². The van der Waals surface area contributed by atoms with Crippen molar-refractivity contribution in [3.05, 3.63) is 40.0 Å². The normalized spacial score (nSPS) is 19.1. The number of aromatic nitrogens is 2. The van der Waals surface area contributed by atoms with Crippen molar-refractivity contribution in [2.75, 3.05) is 11.5 Å². The molecular formula is C12H11ClN2S. The zero-order valence-electron chi connectivity index (χ0n) is 8.74. The van der Waals surface area contributed by atoms with E-state index >= 15 is 0 Å². The zero-order valence-corrected chi connectivity index (χ0v) is 10.3. The summed E-state index contributed by atoms with van der Waals surface area (Å²) < 4.78 is 0. The maximum atomic E-state index is 6.07. The Morgan fingerprint density at radius 3 is 2.94 bits per heavy atom. The molecule has 1 aromatic rings. The van der Waals surface area contributed by atoms with Crippen molar-refractivity contribution in [1.82, 2.24) is 9.97 Å². The Morgan fingerprint density at radius 2 is 2.19 bits per heavy atom. The van der Waals surface area contributed by atoms with Gasteiger partial charge in [0.1, 0.15) is 11.5 Å². The van der Waals surface area contributed by atoms with Crippen LogP contribution in [0, 0.1) is 0 Å². The quantitative estimate of drug-likeness (QED) is 0.717. The summed E-state index contributed by atoms with van der Waals surface area (Å²) in [5.74, 6) is 2.35.